The first kappa shape index (κ1) is 21.2. The first-order valence-electron chi connectivity index (χ1n) is 7.80. The Hall–Kier alpha value is -0.820. The number of hydrogen-bond acceptors (Lipinski definition) is 2. The van der Waals surface area contributed by atoms with E-state index in [0.717, 1.165) is 25.8 Å². The van der Waals surface area contributed by atoms with Gasteiger partial charge in [-0.05, 0) is 36.7 Å². The summed E-state index contributed by atoms with van der Waals surface area (Å²) >= 11 is 0. The van der Waals surface area contributed by atoms with Gasteiger partial charge >= 0.3 is 0 Å². The Balaban J connectivity index is 0.00000441. The molecule has 4 N–H and O–H groups in total. The van der Waals surface area contributed by atoms with Crippen LogP contribution in [0.2, 0.25) is 0 Å². The molecule has 4 nitrogen and oxygen atoms in total. The summed E-state index contributed by atoms with van der Waals surface area (Å²) in [5.74, 6) is 1.52. The maximum absolute atomic E-state index is 9.09. The highest BCUT2D eigenvalue weighted by molar-refractivity contribution is 14.0. The zero-order valence-electron chi connectivity index (χ0n) is 13.7. The van der Waals surface area contributed by atoms with Crippen LogP contribution >= 0.6 is 24.0 Å². The van der Waals surface area contributed by atoms with Gasteiger partial charge in [-0.25, -0.2) is 0 Å². The molecule has 0 saturated heterocycles. The topological polar surface area (TPSA) is 70.6 Å². The second kappa shape index (κ2) is 12.7. The highest BCUT2D eigenvalue weighted by Gasteiger charge is 2.10. The van der Waals surface area contributed by atoms with E-state index in [1.807, 2.05) is 18.2 Å². The number of nitrogens with one attached hydrogen (secondary N) is 1. The van der Waals surface area contributed by atoms with E-state index in [0.29, 0.717) is 24.3 Å². The van der Waals surface area contributed by atoms with Crippen LogP contribution in [0.15, 0.2) is 35.3 Å². The van der Waals surface area contributed by atoms with Gasteiger partial charge in [0.15, 0.2) is 5.96 Å². The zero-order valence-corrected chi connectivity index (χ0v) is 16.0. The van der Waals surface area contributed by atoms with Crippen molar-refractivity contribution < 1.29 is 5.11 Å². The van der Waals surface area contributed by atoms with Crippen molar-refractivity contribution >= 4 is 29.9 Å². The fraction of sp³-hybridized carbons (Fsp3) is 0.588. The van der Waals surface area contributed by atoms with Crippen LogP contribution in [0.1, 0.15) is 32.3 Å². The molecule has 0 radical (unpaired) electrons. The molecule has 5 heteroatoms. The van der Waals surface area contributed by atoms with Crippen molar-refractivity contribution in [1.29, 1.82) is 0 Å². The van der Waals surface area contributed by atoms with Crippen molar-refractivity contribution in [3.05, 3.63) is 35.9 Å². The van der Waals surface area contributed by atoms with Gasteiger partial charge in [0.1, 0.15) is 0 Å². The molecule has 0 bridgehead atoms. The van der Waals surface area contributed by atoms with Gasteiger partial charge in [0, 0.05) is 19.7 Å². The van der Waals surface area contributed by atoms with Gasteiger partial charge in [0.25, 0.3) is 0 Å². The third kappa shape index (κ3) is 10.00. The Kier molecular flexibility index (Phi) is 12.2. The van der Waals surface area contributed by atoms with Gasteiger partial charge in [-0.3, -0.25) is 4.99 Å². The average Bonchev–Trinajstić information content (AvgIpc) is 2.45. The lowest BCUT2D eigenvalue weighted by Gasteiger charge is -2.16. The smallest absolute Gasteiger partial charge is 0.188 e. The molecule has 1 aromatic rings. The molecule has 1 unspecified atom stereocenters. The molecule has 0 heterocycles. The van der Waals surface area contributed by atoms with Crippen molar-refractivity contribution in [2.75, 3.05) is 19.7 Å². The molecular weight excluding hydrogens is 389 g/mol. The third-order valence-electron chi connectivity index (χ3n) is 3.42. The molecule has 0 aliphatic rings. The molecular formula is C17H30IN3O. The molecule has 1 aromatic carbocycles. The monoisotopic (exact) mass is 419 g/mol. The molecule has 0 fully saturated rings. The van der Waals surface area contributed by atoms with E-state index < -0.39 is 0 Å². The summed E-state index contributed by atoms with van der Waals surface area (Å²) in [7, 11) is 0. The van der Waals surface area contributed by atoms with Gasteiger partial charge < -0.3 is 16.2 Å². The largest absolute Gasteiger partial charge is 0.396 e. The van der Waals surface area contributed by atoms with Gasteiger partial charge in [0.2, 0.25) is 0 Å². The molecule has 1 rings (SSSR count). The van der Waals surface area contributed by atoms with Crippen LogP contribution in [0.5, 0.6) is 0 Å². The summed E-state index contributed by atoms with van der Waals surface area (Å²) in [5, 5.41) is 12.2. The first-order valence-corrected chi connectivity index (χ1v) is 7.80. The van der Waals surface area contributed by atoms with Crippen LogP contribution in [0, 0.1) is 11.8 Å². The summed E-state index contributed by atoms with van der Waals surface area (Å²) in [6, 6.07) is 10.3. The van der Waals surface area contributed by atoms with Crippen molar-refractivity contribution in [2.24, 2.45) is 22.6 Å². The number of aliphatic hydroxyl groups excluding tert-OH is 1. The number of aliphatic hydroxyl groups is 1. The second-order valence-corrected chi connectivity index (χ2v) is 5.90. The predicted molar refractivity (Wildman–Crippen MR) is 105 cm³/mol. The normalized spacial score (nSPS) is 12.8. The van der Waals surface area contributed by atoms with Crippen LogP contribution < -0.4 is 11.1 Å². The number of halogens is 1. The van der Waals surface area contributed by atoms with Crippen LogP contribution in [-0.4, -0.2) is 30.8 Å². The summed E-state index contributed by atoms with van der Waals surface area (Å²) in [4.78, 5) is 4.40. The number of hydrogen-bond donors (Lipinski definition) is 3. The molecule has 0 amide bonds. The second-order valence-electron chi connectivity index (χ2n) is 5.90. The van der Waals surface area contributed by atoms with E-state index in [-0.39, 0.29) is 30.6 Å². The van der Waals surface area contributed by atoms with Crippen LogP contribution in [0.25, 0.3) is 0 Å². The fourth-order valence-corrected chi connectivity index (χ4v) is 2.40. The molecule has 0 aliphatic carbocycles. The van der Waals surface area contributed by atoms with E-state index in [9.17, 15) is 0 Å². The quantitative estimate of drug-likeness (QED) is 0.328. The number of guanidine groups is 1. The minimum Gasteiger partial charge on any atom is -0.396 e. The predicted octanol–water partition coefficient (Wildman–Crippen LogP) is 2.80. The van der Waals surface area contributed by atoms with Crippen LogP contribution in [0.4, 0.5) is 0 Å². The lowest BCUT2D eigenvalue weighted by Crippen LogP contribution is -2.33. The van der Waals surface area contributed by atoms with E-state index >= 15 is 0 Å². The van der Waals surface area contributed by atoms with E-state index in [1.165, 1.54) is 5.56 Å². The maximum Gasteiger partial charge on any atom is 0.188 e. The summed E-state index contributed by atoms with van der Waals surface area (Å²) in [6.45, 7) is 6.07. The van der Waals surface area contributed by atoms with Crippen LogP contribution in [0.3, 0.4) is 0 Å². The Morgan fingerprint density at radius 3 is 2.55 bits per heavy atom. The number of rotatable bonds is 9. The first-order chi connectivity index (χ1) is 10.1. The molecule has 0 spiro atoms. The standard InChI is InChI=1S/C17H29N3O.HI/c1-14(2)12-16(9-11-21)13-20-17(18)19-10-8-15-6-4-3-5-7-15;/h3-7,14,16,21H,8-13H2,1-2H3,(H3,18,19,20);1H. The minimum absolute atomic E-state index is 0. The van der Waals surface area contributed by atoms with E-state index in [1.54, 1.807) is 0 Å². The number of nitrogens with two attached hydrogens (primary N) is 1. The van der Waals surface area contributed by atoms with Crippen molar-refractivity contribution in [3.8, 4) is 0 Å². The Morgan fingerprint density at radius 2 is 1.95 bits per heavy atom. The van der Waals surface area contributed by atoms with Gasteiger partial charge in [-0.1, -0.05) is 44.2 Å². The Morgan fingerprint density at radius 1 is 1.27 bits per heavy atom. The molecule has 1 atom stereocenters. The fourth-order valence-electron chi connectivity index (χ4n) is 2.40. The lowest BCUT2D eigenvalue weighted by atomic mass is 9.94. The Labute approximate surface area is 151 Å². The highest BCUT2D eigenvalue weighted by atomic mass is 127. The third-order valence-corrected chi connectivity index (χ3v) is 3.42. The number of benzene rings is 1. The molecule has 0 saturated carbocycles. The summed E-state index contributed by atoms with van der Waals surface area (Å²) in [6.07, 6.45) is 2.80. The molecule has 0 aliphatic heterocycles. The van der Waals surface area contributed by atoms with Crippen molar-refractivity contribution in [3.63, 3.8) is 0 Å². The average molecular weight is 419 g/mol. The van der Waals surface area contributed by atoms with Crippen molar-refractivity contribution in [1.82, 2.24) is 5.32 Å². The van der Waals surface area contributed by atoms with Gasteiger partial charge in [-0.2, -0.15) is 0 Å². The Bertz CT molecular complexity index is 410. The zero-order chi connectivity index (χ0) is 15.5. The van der Waals surface area contributed by atoms with E-state index in [2.05, 4.69) is 36.3 Å². The SMILES string of the molecule is CC(C)CC(CCO)CN=C(N)NCCc1ccccc1.I. The molecule has 22 heavy (non-hydrogen) atoms. The van der Waals surface area contributed by atoms with E-state index in [4.69, 9.17) is 10.8 Å². The van der Waals surface area contributed by atoms with Crippen LogP contribution in [-0.2, 0) is 6.42 Å². The van der Waals surface area contributed by atoms with Gasteiger partial charge in [-0.15, -0.1) is 24.0 Å². The molecule has 126 valence electrons. The molecule has 0 aromatic heterocycles. The minimum atomic E-state index is 0. The summed E-state index contributed by atoms with van der Waals surface area (Å²) < 4.78 is 0. The van der Waals surface area contributed by atoms with Gasteiger partial charge in [0.05, 0.1) is 0 Å². The highest BCUT2D eigenvalue weighted by Crippen LogP contribution is 2.15. The van der Waals surface area contributed by atoms with Crippen molar-refractivity contribution in [2.45, 2.75) is 33.1 Å². The number of nitrogens with zero attached hydrogens (tertiary/aromatic N) is 1. The maximum atomic E-state index is 9.09. The number of aliphatic imine (C=N–C) groups is 1. The lowest BCUT2D eigenvalue weighted by molar-refractivity contribution is 0.246. The summed E-state index contributed by atoms with van der Waals surface area (Å²) in [5.41, 5.74) is 7.18.